The minimum atomic E-state index is 0. The number of halogens is 1. The molecule has 0 amide bonds. The fraction of sp³-hybridized carbons (Fsp3) is 1.00. The lowest BCUT2D eigenvalue weighted by Crippen LogP contribution is -3.00. The van der Waals surface area contributed by atoms with Crippen molar-refractivity contribution in [2.45, 2.75) is 52.4 Å². The molecule has 0 aliphatic heterocycles. The Hall–Kier alpha value is 0.210. The van der Waals surface area contributed by atoms with Crippen LogP contribution in [0.2, 0.25) is 0 Å². The lowest BCUT2D eigenvalue weighted by molar-refractivity contribution is -0.909. The van der Waals surface area contributed by atoms with Gasteiger partial charge in [-0.2, -0.15) is 0 Å². The minimum Gasteiger partial charge on any atom is -1.00 e. The average Bonchev–Trinajstić information content (AvgIpc) is 2.20. The Morgan fingerprint density at radius 2 is 1.44 bits per heavy atom. The third-order valence-electron chi connectivity index (χ3n) is 2.76. The van der Waals surface area contributed by atoms with Crippen molar-refractivity contribution in [3.63, 3.8) is 0 Å². The van der Waals surface area contributed by atoms with Gasteiger partial charge >= 0.3 is 0 Å². The molecule has 0 N–H and O–H groups in total. The molecule has 16 heavy (non-hydrogen) atoms. The minimum absolute atomic E-state index is 0. The van der Waals surface area contributed by atoms with E-state index in [4.69, 9.17) is 4.74 Å². The number of hydrogen-bond donors (Lipinski definition) is 0. The number of unbranched alkanes of at least 4 members (excludes halogenated alkanes) is 5. The predicted octanol–water partition coefficient (Wildman–Crippen LogP) is 0.421. The van der Waals surface area contributed by atoms with Crippen molar-refractivity contribution in [3.8, 4) is 0 Å². The van der Waals surface area contributed by atoms with Gasteiger partial charge < -0.3 is 21.6 Å². The third-order valence-corrected chi connectivity index (χ3v) is 2.76. The number of hydrogen-bond acceptors (Lipinski definition) is 1. The van der Waals surface area contributed by atoms with Crippen LogP contribution in [-0.4, -0.2) is 38.5 Å². The van der Waals surface area contributed by atoms with E-state index in [1.807, 2.05) is 0 Å². The zero-order valence-corrected chi connectivity index (χ0v) is 12.4. The van der Waals surface area contributed by atoms with Gasteiger partial charge in [-0.05, 0) is 19.8 Å². The molecule has 0 saturated heterocycles. The molecule has 0 rings (SSSR count). The van der Waals surface area contributed by atoms with Crippen LogP contribution >= 0.6 is 0 Å². The molecule has 0 aliphatic rings. The summed E-state index contributed by atoms with van der Waals surface area (Å²) in [6, 6.07) is 0. The molecule has 0 aromatic heterocycles. The summed E-state index contributed by atoms with van der Waals surface area (Å²) >= 11 is 0. The van der Waals surface area contributed by atoms with Crippen molar-refractivity contribution in [3.05, 3.63) is 0 Å². The lowest BCUT2D eigenvalue weighted by atomic mass is 10.1. The smallest absolute Gasteiger partial charge is 0.182 e. The molecule has 100 valence electrons. The van der Waals surface area contributed by atoms with Gasteiger partial charge in [0, 0.05) is 6.61 Å². The van der Waals surface area contributed by atoms with Gasteiger partial charge in [0.1, 0.15) is 0 Å². The summed E-state index contributed by atoms with van der Waals surface area (Å²) in [5.41, 5.74) is 0. The van der Waals surface area contributed by atoms with E-state index in [0.29, 0.717) is 0 Å². The van der Waals surface area contributed by atoms with Gasteiger partial charge in [-0.25, -0.2) is 0 Å². The normalized spacial score (nSPS) is 11.2. The average molecular weight is 252 g/mol. The van der Waals surface area contributed by atoms with Crippen molar-refractivity contribution in [2.24, 2.45) is 0 Å². The van der Waals surface area contributed by atoms with Gasteiger partial charge in [-0.15, -0.1) is 0 Å². The van der Waals surface area contributed by atoms with E-state index in [1.54, 1.807) is 0 Å². The lowest BCUT2D eigenvalue weighted by Gasteiger charge is -2.29. The van der Waals surface area contributed by atoms with Gasteiger partial charge in [0.25, 0.3) is 0 Å². The number of rotatable bonds is 10. The molecular weight excluding hydrogens is 222 g/mol. The molecule has 0 fully saturated rings. The zero-order valence-electron chi connectivity index (χ0n) is 11.6. The second-order valence-electron chi connectivity index (χ2n) is 5.05. The number of nitrogens with zero attached hydrogens (tertiary/aromatic N) is 1. The number of ether oxygens (including phenoxy) is 1. The monoisotopic (exact) mass is 251 g/mol. The summed E-state index contributed by atoms with van der Waals surface area (Å²) in [5.74, 6) is 0. The molecule has 0 bridgehead atoms. The molecule has 0 aromatic carbocycles. The van der Waals surface area contributed by atoms with Crippen molar-refractivity contribution >= 4 is 0 Å². The van der Waals surface area contributed by atoms with E-state index >= 15 is 0 Å². The van der Waals surface area contributed by atoms with Crippen LogP contribution in [0.5, 0.6) is 0 Å². The molecule has 0 unspecified atom stereocenters. The first-order chi connectivity index (χ1) is 7.12. The van der Waals surface area contributed by atoms with Crippen LogP contribution in [0.3, 0.4) is 0 Å². The molecule has 0 heterocycles. The van der Waals surface area contributed by atoms with Crippen molar-refractivity contribution in [1.29, 1.82) is 0 Å². The van der Waals surface area contributed by atoms with E-state index in [-0.39, 0.29) is 12.4 Å². The molecular formula is C13H30ClNO. The summed E-state index contributed by atoms with van der Waals surface area (Å²) in [6.45, 7) is 7.25. The van der Waals surface area contributed by atoms with E-state index in [9.17, 15) is 0 Å². The highest BCUT2D eigenvalue weighted by atomic mass is 35.5. The van der Waals surface area contributed by atoms with Crippen LogP contribution in [0.4, 0.5) is 0 Å². The van der Waals surface area contributed by atoms with Gasteiger partial charge in [0.2, 0.25) is 0 Å². The van der Waals surface area contributed by atoms with Crippen LogP contribution < -0.4 is 12.4 Å². The third kappa shape index (κ3) is 12.3. The Kier molecular flexibility index (Phi) is 13.6. The fourth-order valence-electron chi connectivity index (χ4n) is 1.72. The number of quaternary nitrogens is 1. The van der Waals surface area contributed by atoms with E-state index in [2.05, 4.69) is 27.9 Å². The Morgan fingerprint density at radius 1 is 0.875 bits per heavy atom. The summed E-state index contributed by atoms with van der Waals surface area (Å²) in [6.07, 6.45) is 8.28. The summed E-state index contributed by atoms with van der Waals surface area (Å²) in [4.78, 5) is 0. The molecule has 0 spiro atoms. The molecule has 0 aliphatic carbocycles. The Labute approximate surface area is 108 Å². The van der Waals surface area contributed by atoms with Gasteiger partial charge in [0.15, 0.2) is 6.73 Å². The van der Waals surface area contributed by atoms with Crippen LogP contribution in [0.25, 0.3) is 0 Å². The van der Waals surface area contributed by atoms with E-state index < -0.39 is 0 Å². The molecule has 0 aromatic rings. The Balaban J connectivity index is 0. The van der Waals surface area contributed by atoms with Gasteiger partial charge in [-0.3, -0.25) is 0 Å². The predicted molar refractivity (Wildman–Crippen MR) is 66.8 cm³/mol. The molecule has 0 radical (unpaired) electrons. The summed E-state index contributed by atoms with van der Waals surface area (Å²) in [7, 11) is 4.50. The van der Waals surface area contributed by atoms with E-state index in [0.717, 1.165) is 17.8 Å². The quantitative estimate of drug-likeness (QED) is 0.311. The van der Waals surface area contributed by atoms with E-state index in [1.165, 1.54) is 45.1 Å². The molecule has 3 heteroatoms. The second-order valence-corrected chi connectivity index (χ2v) is 5.05. The maximum atomic E-state index is 5.47. The van der Waals surface area contributed by atoms with Gasteiger partial charge in [-0.1, -0.05) is 32.6 Å². The van der Waals surface area contributed by atoms with Crippen LogP contribution in [0, 0.1) is 0 Å². The topological polar surface area (TPSA) is 9.23 Å². The maximum Gasteiger partial charge on any atom is 0.182 e. The molecule has 2 nitrogen and oxygen atoms in total. The largest absolute Gasteiger partial charge is 1.00 e. The summed E-state index contributed by atoms with van der Waals surface area (Å²) < 4.78 is 6.47. The second kappa shape index (κ2) is 11.7. The highest BCUT2D eigenvalue weighted by Crippen LogP contribution is 2.08. The highest BCUT2D eigenvalue weighted by molar-refractivity contribution is 4.43. The van der Waals surface area contributed by atoms with Gasteiger partial charge in [0.05, 0.1) is 20.6 Å². The fourth-order valence-corrected chi connectivity index (χ4v) is 1.72. The highest BCUT2D eigenvalue weighted by Gasteiger charge is 2.13. The Bertz CT molecular complexity index is 140. The first-order valence-corrected chi connectivity index (χ1v) is 6.52. The van der Waals surface area contributed by atoms with Crippen molar-refractivity contribution in [2.75, 3.05) is 34.0 Å². The van der Waals surface area contributed by atoms with Crippen molar-refractivity contribution in [1.82, 2.24) is 0 Å². The summed E-state index contributed by atoms with van der Waals surface area (Å²) in [5, 5.41) is 0. The van der Waals surface area contributed by atoms with Crippen LogP contribution in [-0.2, 0) is 4.74 Å². The van der Waals surface area contributed by atoms with Crippen molar-refractivity contribution < 1.29 is 21.6 Å². The standard InChI is InChI=1S/C13H30NO.ClH/c1-5-7-8-9-10-11-12-14(3,4)13-15-6-2;/h5-13H2,1-4H3;1H/q+1;/p-1. The first kappa shape index (κ1) is 18.6. The zero-order chi connectivity index (χ0) is 11.6. The van der Waals surface area contributed by atoms with Crippen LogP contribution in [0.1, 0.15) is 52.4 Å². The first-order valence-electron chi connectivity index (χ1n) is 6.52. The Morgan fingerprint density at radius 3 is 2.00 bits per heavy atom. The SMILES string of the molecule is CCCCCCCC[N+](C)(C)COCC.[Cl-]. The van der Waals surface area contributed by atoms with Crippen LogP contribution in [0.15, 0.2) is 0 Å². The molecule has 0 saturated carbocycles. The maximum absolute atomic E-state index is 5.47. The molecule has 0 atom stereocenters.